The smallest absolute Gasteiger partial charge is 0.257 e. The number of hydrogen-bond donors (Lipinski definition) is 1. The number of phenols is 1. The van der Waals surface area contributed by atoms with Gasteiger partial charge in [0.1, 0.15) is 11.5 Å². The van der Waals surface area contributed by atoms with Gasteiger partial charge in [-0.05, 0) is 42.8 Å². The Labute approximate surface area is 175 Å². The van der Waals surface area contributed by atoms with Gasteiger partial charge in [0.15, 0.2) is 0 Å². The summed E-state index contributed by atoms with van der Waals surface area (Å²) in [7, 11) is 3.83. The molecular formula is C24H25N3O3. The molecule has 2 aliphatic heterocycles. The van der Waals surface area contributed by atoms with Crippen LogP contribution < -0.4 is 4.74 Å². The fourth-order valence-electron chi connectivity index (χ4n) is 5.22. The van der Waals surface area contributed by atoms with Gasteiger partial charge >= 0.3 is 0 Å². The molecule has 5 rings (SSSR count). The van der Waals surface area contributed by atoms with Crippen molar-refractivity contribution in [3.05, 3.63) is 66.0 Å². The summed E-state index contributed by atoms with van der Waals surface area (Å²) < 4.78 is 5.29. The molecule has 2 saturated heterocycles. The summed E-state index contributed by atoms with van der Waals surface area (Å²) in [4.78, 5) is 21.6. The van der Waals surface area contributed by atoms with Gasteiger partial charge in [-0.25, -0.2) is 0 Å². The molecule has 1 N–H and O–H groups in total. The number of carbonyl (C=O) groups is 1. The molecule has 0 saturated carbocycles. The van der Waals surface area contributed by atoms with Crippen molar-refractivity contribution < 1.29 is 14.6 Å². The number of rotatable bonds is 3. The Morgan fingerprint density at radius 2 is 1.90 bits per heavy atom. The quantitative estimate of drug-likeness (QED) is 0.727. The monoisotopic (exact) mass is 403 g/mol. The van der Waals surface area contributed by atoms with E-state index in [0.717, 1.165) is 17.7 Å². The molecule has 3 atom stereocenters. The number of phenolic OH excluding ortho intramolecular Hbond substituents is 1. The van der Waals surface area contributed by atoms with E-state index < -0.39 is 0 Å². The van der Waals surface area contributed by atoms with Crippen LogP contribution in [0.1, 0.15) is 22.0 Å². The first kappa shape index (κ1) is 18.9. The number of carbonyl (C=O) groups excluding carboxylic acids is 1. The molecule has 2 fully saturated rings. The number of methoxy groups -OCH3 is 1. The number of pyridine rings is 1. The highest BCUT2D eigenvalue weighted by molar-refractivity contribution is 6.03. The zero-order valence-corrected chi connectivity index (χ0v) is 17.2. The predicted molar refractivity (Wildman–Crippen MR) is 115 cm³/mol. The van der Waals surface area contributed by atoms with Crippen LogP contribution in [0, 0.1) is 11.8 Å². The maximum Gasteiger partial charge on any atom is 0.257 e. The van der Waals surface area contributed by atoms with E-state index in [1.165, 1.54) is 5.56 Å². The second-order valence-electron chi connectivity index (χ2n) is 8.35. The molecule has 2 aliphatic rings. The molecule has 3 heterocycles. The van der Waals surface area contributed by atoms with Crippen molar-refractivity contribution in [2.24, 2.45) is 11.8 Å². The van der Waals surface area contributed by atoms with Gasteiger partial charge in [-0.15, -0.1) is 0 Å². The first-order chi connectivity index (χ1) is 14.6. The number of aromatic hydroxyl groups is 1. The third kappa shape index (κ3) is 2.99. The summed E-state index contributed by atoms with van der Waals surface area (Å²) in [6, 6.07) is 13.8. The molecule has 1 amide bonds. The zero-order valence-electron chi connectivity index (χ0n) is 17.2. The van der Waals surface area contributed by atoms with Gasteiger partial charge in [-0.2, -0.15) is 0 Å². The van der Waals surface area contributed by atoms with E-state index in [9.17, 15) is 9.90 Å². The van der Waals surface area contributed by atoms with Crippen LogP contribution in [-0.2, 0) is 0 Å². The normalized spacial score (nSPS) is 23.7. The van der Waals surface area contributed by atoms with E-state index in [2.05, 4.69) is 29.1 Å². The van der Waals surface area contributed by atoms with Gasteiger partial charge in [-0.1, -0.05) is 18.2 Å². The average molecular weight is 403 g/mol. The molecule has 6 heteroatoms. The van der Waals surface area contributed by atoms with Crippen molar-refractivity contribution in [1.29, 1.82) is 0 Å². The molecule has 0 aliphatic carbocycles. The Bertz CT molecular complexity index is 1100. The number of fused-ring (bicyclic) bond motifs is 2. The molecule has 0 spiro atoms. The van der Waals surface area contributed by atoms with E-state index >= 15 is 0 Å². The summed E-state index contributed by atoms with van der Waals surface area (Å²) in [5, 5.41) is 12.2. The summed E-state index contributed by atoms with van der Waals surface area (Å²) >= 11 is 0. The van der Waals surface area contributed by atoms with Gasteiger partial charge < -0.3 is 14.7 Å². The van der Waals surface area contributed by atoms with Crippen molar-refractivity contribution in [2.75, 3.05) is 33.8 Å². The highest BCUT2D eigenvalue weighted by atomic mass is 16.5. The Morgan fingerprint density at radius 1 is 1.10 bits per heavy atom. The lowest BCUT2D eigenvalue weighted by molar-refractivity contribution is 0.0765. The molecule has 30 heavy (non-hydrogen) atoms. The number of nitrogens with zero attached hydrogens (tertiary/aromatic N) is 3. The molecule has 3 aromatic rings. The second-order valence-corrected chi connectivity index (χ2v) is 8.35. The number of ether oxygens (including phenoxy) is 1. The van der Waals surface area contributed by atoms with E-state index in [0.29, 0.717) is 35.9 Å². The van der Waals surface area contributed by atoms with Crippen LogP contribution in [0.2, 0.25) is 0 Å². The first-order valence-electron chi connectivity index (χ1n) is 10.3. The molecular weight excluding hydrogens is 378 g/mol. The minimum Gasteiger partial charge on any atom is -0.506 e. The third-order valence-electron chi connectivity index (χ3n) is 6.66. The van der Waals surface area contributed by atoms with Crippen LogP contribution in [0.4, 0.5) is 0 Å². The number of hydrogen-bond acceptors (Lipinski definition) is 5. The minimum atomic E-state index is -0.100. The lowest BCUT2D eigenvalue weighted by atomic mass is 9.89. The van der Waals surface area contributed by atoms with Crippen LogP contribution in [0.25, 0.3) is 10.8 Å². The second kappa shape index (κ2) is 7.29. The Kier molecular flexibility index (Phi) is 4.59. The number of amides is 1. The molecule has 2 aromatic carbocycles. The topological polar surface area (TPSA) is 65.9 Å². The van der Waals surface area contributed by atoms with Gasteiger partial charge in [0.05, 0.1) is 12.7 Å². The van der Waals surface area contributed by atoms with Gasteiger partial charge in [0, 0.05) is 54.8 Å². The Morgan fingerprint density at radius 3 is 2.67 bits per heavy atom. The van der Waals surface area contributed by atoms with Gasteiger partial charge in [0.25, 0.3) is 5.91 Å². The maximum absolute atomic E-state index is 13.3. The molecule has 0 radical (unpaired) electrons. The Hall–Kier alpha value is -3.12. The van der Waals surface area contributed by atoms with Crippen LogP contribution in [0.15, 0.2) is 54.9 Å². The van der Waals surface area contributed by atoms with Gasteiger partial charge in [-0.3, -0.25) is 14.7 Å². The fraction of sp³-hybridized carbons (Fsp3) is 0.333. The van der Waals surface area contributed by atoms with Crippen LogP contribution >= 0.6 is 0 Å². The lowest BCUT2D eigenvalue weighted by Crippen LogP contribution is -2.33. The predicted octanol–water partition coefficient (Wildman–Crippen LogP) is 3.32. The van der Waals surface area contributed by atoms with Crippen molar-refractivity contribution in [3.8, 4) is 11.5 Å². The third-order valence-corrected chi connectivity index (χ3v) is 6.66. The number of aromatic nitrogens is 1. The standard InChI is InChI=1S/C24H25N3O3/c1-26-12-17-13-27(14-21(17)22(26)15-3-6-18(30-2)7-4-15)24(29)20-8-5-16-11-25-10-9-19(16)23(20)28/h3-11,17,21-22,28H,12-14H2,1-2H3/t17-,21+,22-/m0/s1. The van der Waals surface area contributed by atoms with E-state index in [1.807, 2.05) is 23.1 Å². The van der Waals surface area contributed by atoms with Gasteiger partial charge in [0.2, 0.25) is 0 Å². The average Bonchev–Trinajstić information content (AvgIpc) is 3.30. The summed E-state index contributed by atoms with van der Waals surface area (Å²) in [6.45, 7) is 2.37. The molecule has 0 unspecified atom stereocenters. The highest BCUT2D eigenvalue weighted by Crippen LogP contribution is 2.45. The summed E-state index contributed by atoms with van der Waals surface area (Å²) in [5.74, 6) is 1.59. The molecule has 0 bridgehead atoms. The molecule has 6 nitrogen and oxygen atoms in total. The SMILES string of the molecule is COc1ccc([C@H]2[C@@H]3CN(C(=O)c4ccc5cnccc5c4O)C[C@@H]3CN2C)cc1. The minimum absolute atomic E-state index is 0.0424. The number of likely N-dealkylation sites (tertiary alicyclic amines) is 2. The molecule has 1 aromatic heterocycles. The lowest BCUT2D eigenvalue weighted by Gasteiger charge is -2.27. The van der Waals surface area contributed by atoms with Crippen molar-refractivity contribution in [2.45, 2.75) is 6.04 Å². The molecule has 154 valence electrons. The highest BCUT2D eigenvalue weighted by Gasteiger charge is 2.47. The maximum atomic E-state index is 13.3. The van der Waals surface area contributed by atoms with E-state index in [-0.39, 0.29) is 17.7 Å². The van der Waals surface area contributed by atoms with Crippen LogP contribution in [0.5, 0.6) is 11.5 Å². The van der Waals surface area contributed by atoms with Crippen LogP contribution in [0.3, 0.4) is 0 Å². The summed E-state index contributed by atoms with van der Waals surface area (Å²) in [6.07, 6.45) is 3.32. The van der Waals surface area contributed by atoms with Crippen molar-refractivity contribution in [1.82, 2.24) is 14.8 Å². The first-order valence-corrected chi connectivity index (χ1v) is 10.3. The fourth-order valence-corrected chi connectivity index (χ4v) is 5.22. The summed E-state index contributed by atoms with van der Waals surface area (Å²) in [5.41, 5.74) is 1.61. The van der Waals surface area contributed by atoms with Crippen molar-refractivity contribution in [3.63, 3.8) is 0 Å². The largest absolute Gasteiger partial charge is 0.506 e. The zero-order chi connectivity index (χ0) is 20.8. The Balaban J connectivity index is 1.40. The van der Waals surface area contributed by atoms with E-state index in [4.69, 9.17) is 4.74 Å². The van der Waals surface area contributed by atoms with E-state index in [1.54, 1.807) is 31.6 Å². The number of benzene rings is 2. The van der Waals surface area contributed by atoms with Crippen molar-refractivity contribution >= 4 is 16.7 Å². The van der Waals surface area contributed by atoms with Crippen LogP contribution in [-0.4, -0.2) is 59.6 Å².